The van der Waals surface area contributed by atoms with Crippen molar-refractivity contribution in [1.82, 2.24) is 30.0 Å². The number of carbonyl (C=O) groups excluding carboxylic acids is 1. The predicted octanol–water partition coefficient (Wildman–Crippen LogP) is 2.76. The van der Waals surface area contributed by atoms with Crippen LogP contribution in [0.3, 0.4) is 0 Å². The molecule has 3 aliphatic rings. The molecule has 2 aliphatic carbocycles. The molecule has 8 nitrogen and oxygen atoms in total. The van der Waals surface area contributed by atoms with Crippen LogP contribution in [0.4, 0.5) is 4.79 Å². The van der Waals surface area contributed by atoms with Crippen molar-refractivity contribution in [3.05, 3.63) is 5.82 Å². The normalized spacial score (nSPS) is 23.6. The second kappa shape index (κ2) is 7.04. The summed E-state index contributed by atoms with van der Waals surface area (Å²) in [6.07, 6.45) is 8.12. The average molecular weight is 377 g/mol. The van der Waals surface area contributed by atoms with Crippen LogP contribution in [0.5, 0.6) is 0 Å². The molecule has 0 aromatic carbocycles. The van der Waals surface area contributed by atoms with Gasteiger partial charge in [-0.1, -0.05) is 19.3 Å². The van der Waals surface area contributed by atoms with E-state index in [-0.39, 0.29) is 11.6 Å². The summed E-state index contributed by atoms with van der Waals surface area (Å²) in [6, 6.07) is 0.486. The lowest BCUT2D eigenvalue weighted by Gasteiger charge is -2.52. The van der Waals surface area contributed by atoms with Crippen LogP contribution < -0.4 is 0 Å². The largest absolute Gasteiger partial charge is 0.444 e. The van der Waals surface area contributed by atoms with Crippen LogP contribution in [0, 0.1) is 0 Å². The molecule has 1 aromatic rings. The van der Waals surface area contributed by atoms with Gasteiger partial charge in [0.1, 0.15) is 5.60 Å². The Balaban J connectivity index is 1.50. The summed E-state index contributed by atoms with van der Waals surface area (Å²) < 4.78 is 7.65. The van der Waals surface area contributed by atoms with Gasteiger partial charge in [-0.25, -0.2) is 9.48 Å². The molecule has 1 spiro atoms. The van der Waals surface area contributed by atoms with Gasteiger partial charge >= 0.3 is 6.09 Å². The van der Waals surface area contributed by atoms with Crippen LogP contribution in [0.25, 0.3) is 0 Å². The molecule has 150 valence electrons. The van der Waals surface area contributed by atoms with E-state index >= 15 is 0 Å². The van der Waals surface area contributed by atoms with Crippen molar-refractivity contribution in [1.29, 1.82) is 0 Å². The SMILES string of the molecule is CC(C)(C)OC(=O)N1CCN(Cc2nnnn2C2CC2)C2(CCCCC2)C1. The number of carbonyl (C=O) groups is 1. The van der Waals surface area contributed by atoms with Gasteiger partial charge in [0.25, 0.3) is 0 Å². The van der Waals surface area contributed by atoms with Gasteiger partial charge in [-0.15, -0.1) is 5.10 Å². The van der Waals surface area contributed by atoms with Crippen LogP contribution in [0.1, 0.15) is 77.6 Å². The number of hydrogen-bond acceptors (Lipinski definition) is 6. The molecule has 1 aromatic heterocycles. The molecule has 2 saturated carbocycles. The molecule has 4 rings (SSSR count). The maximum Gasteiger partial charge on any atom is 0.410 e. The van der Waals surface area contributed by atoms with Crippen LogP contribution in [0.2, 0.25) is 0 Å². The lowest BCUT2D eigenvalue weighted by Crippen LogP contribution is -2.64. The van der Waals surface area contributed by atoms with Crippen molar-refractivity contribution in [3.63, 3.8) is 0 Å². The van der Waals surface area contributed by atoms with Crippen LogP contribution in [-0.4, -0.2) is 66.9 Å². The zero-order valence-corrected chi connectivity index (χ0v) is 16.9. The van der Waals surface area contributed by atoms with Crippen molar-refractivity contribution in [2.75, 3.05) is 19.6 Å². The number of nitrogens with zero attached hydrogens (tertiary/aromatic N) is 6. The molecule has 0 atom stereocenters. The summed E-state index contributed by atoms with van der Waals surface area (Å²) in [5.41, 5.74) is -0.436. The smallest absolute Gasteiger partial charge is 0.410 e. The first-order valence-electron chi connectivity index (χ1n) is 10.4. The lowest BCUT2D eigenvalue weighted by molar-refractivity contribution is -0.0457. The highest BCUT2D eigenvalue weighted by Crippen LogP contribution is 2.39. The standard InChI is InChI=1S/C19H32N6O2/c1-18(2,3)27-17(26)23-11-12-24(19(14-23)9-5-4-6-10-19)13-16-20-21-22-25(16)15-7-8-15/h15H,4-14H2,1-3H3. The molecule has 3 fully saturated rings. The van der Waals surface area contributed by atoms with Gasteiger partial charge < -0.3 is 9.64 Å². The van der Waals surface area contributed by atoms with E-state index in [1.165, 1.54) is 32.1 Å². The first-order valence-corrected chi connectivity index (χ1v) is 10.4. The van der Waals surface area contributed by atoms with E-state index in [1.807, 2.05) is 30.4 Å². The molecular formula is C19H32N6O2. The number of hydrogen-bond donors (Lipinski definition) is 0. The Kier molecular flexibility index (Phi) is 4.86. The summed E-state index contributed by atoms with van der Waals surface area (Å²) in [6.45, 7) is 8.83. The van der Waals surface area contributed by atoms with Crippen LogP contribution in [-0.2, 0) is 11.3 Å². The topological polar surface area (TPSA) is 76.4 Å². The quantitative estimate of drug-likeness (QED) is 0.807. The number of ether oxygens (including phenoxy) is 1. The summed E-state index contributed by atoms with van der Waals surface area (Å²) in [7, 11) is 0. The molecule has 0 unspecified atom stereocenters. The highest BCUT2D eigenvalue weighted by atomic mass is 16.6. The zero-order valence-electron chi connectivity index (χ0n) is 16.9. The fourth-order valence-electron chi connectivity index (χ4n) is 4.52. The molecule has 8 heteroatoms. The molecule has 27 heavy (non-hydrogen) atoms. The molecule has 2 heterocycles. The average Bonchev–Trinajstić information content (AvgIpc) is 3.35. The molecule has 1 saturated heterocycles. The summed E-state index contributed by atoms with van der Waals surface area (Å²) in [5.74, 6) is 0.966. The van der Waals surface area contributed by atoms with Gasteiger partial charge in [0.2, 0.25) is 0 Å². The van der Waals surface area contributed by atoms with Crippen molar-refractivity contribution >= 4 is 6.09 Å². The van der Waals surface area contributed by atoms with E-state index in [0.717, 1.165) is 38.3 Å². The Labute approximate surface area is 161 Å². The van der Waals surface area contributed by atoms with E-state index < -0.39 is 5.60 Å². The third-order valence-corrected chi connectivity index (χ3v) is 6.02. The van der Waals surface area contributed by atoms with E-state index in [9.17, 15) is 4.79 Å². The molecular weight excluding hydrogens is 344 g/mol. The first kappa shape index (κ1) is 18.7. The van der Waals surface area contributed by atoms with Gasteiger partial charge in [-0.05, 0) is 56.9 Å². The minimum Gasteiger partial charge on any atom is -0.444 e. The third-order valence-electron chi connectivity index (χ3n) is 6.02. The highest BCUT2D eigenvalue weighted by molar-refractivity contribution is 5.68. The molecule has 0 radical (unpaired) electrons. The van der Waals surface area contributed by atoms with Gasteiger partial charge in [0.15, 0.2) is 5.82 Å². The number of rotatable bonds is 3. The molecule has 1 amide bonds. The number of amides is 1. The van der Waals surface area contributed by atoms with Crippen molar-refractivity contribution in [3.8, 4) is 0 Å². The van der Waals surface area contributed by atoms with E-state index in [4.69, 9.17) is 4.74 Å². The number of piperazine rings is 1. The third kappa shape index (κ3) is 4.10. The number of aromatic nitrogens is 4. The zero-order chi connectivity index (χ0) is 19.1. The Morgan fingerprint density at radius 3 is 2.59 bits per heavy atom. The van der Waals surface area contributed by atoms with Gasteiger partial charge in [0.05, 0.1) is 12.6 Å². The highest BCUT2D eigenvalue weighted by Gasteiger charge is 2.45. The monoisotopic (exact) mass is 376 g/mol. The fraction of sp³-hybridized carbons (Fsp3) is 0.895. The first-order chi connectivity index (χ1) is 12.9. The fourth-order valence-corrected chi connectivity index (χ4v) is 4.52. The number of tetrazole rings is 1. The van der Waals surface area contributed by atoms with Crippen LogP contribution in [0.15, 0.2) is 0 Å². The Morgan fingerprint density at radius 1 is 1.19 bits per heavy atom. The summed E-state index contributed by atoms with van der Waals surface area (Å²) in [5, 5.41) is 12.4. The van der Waals surface area contributed by atoms with Crippen LogP contribution >= 0.6 is 0 Å². The predicted molar refractivity (Wildman–Crippen MR) is 100 cm³/mol. The Bertz CT molecular complexity index is 672. The molecule has 0 N–H and O–H groups in total. The Hall–Kier alpha value is -1.70. The second-order valence-electron chi connectivity index (χ2n) is 9.38. The minimum atomic E-state index is -0.458. The van der Waals surface area contributed by atoms with E-state index in [1.54, 1.807) is 0 Å². The maximum absolute atomic E-state index is 12.7. The lowest BCUT2D eigenvalue weighted by atomic mass is 9.78. The van der Waals surface area contributed by atoms with Gasteiger partial charge in [-0.3, -0.25) is 4.90 Å². The van der Waals surface area contributed by atoms with E-state index in [0.29, 0.717) is 12.6 Å². The Morgan fingerprint density at radius 2 is 1.93 bits per heavy atom. The summed E-state index contributed by atoms with van der Waals surface area (Å²) >= 11 is 0. The molecule has 0 bridgehead atoms. The van der Waals surface area contributed by atoms with E-state index in [2.05, 4.69) is 20.4 Å². The summed E-state index contributed by atoms with van der Waals surface area (Å²) in [4.78, 5) is 17.1. The second-order valence-corrected chi connectivity index (χ2v) is 9.38. The molecule has 1 aliphatic heterocycles. The minimum absolute atomic E-state index is 0.0216. The van der Waals surface area contributed by atoms with Crippen molar-refractivity contribution in [2.24, 2.45) is 0 Å². The van der Waals surface area contributed by atoms with Crippen molar-refractivity contribution < 1.29 is 9.53 Å². The van der Waals surface area contributed by atoms with Gasteiger partial charge in [-0.2, -0.15) is 0 Å². The van der Waals surface area contributed by atoms with Gasteiger partial charge in [0, 0.05) is 25.2 Å². The van der Waals surface area contributed by atoms with Crippen molar-refractivity contribution in [2.45, 2.75) is 89.4 Å². The maximum atomic E-state index is 12.7.